The molecule has 0 saturated carbocycles. The largest absolute Gasteiger partial charge is 0.493 e. The van der Waals surface area contributed by atoms with Crippen molar-refractivity contribution >= 4 is 11.0 Å². The number of aromatic nitrogens is 5. The van der Waals surface area contributed by atoms with Crippen LogP contribution in [0.15, 0.2) is 33.6 Å². The van der Waals surface area contributed by atoms with Gasteiger partial charge in [-0.25, -0.2) is 9.67 Å². The maximum absolute atomic E-state index is 13.6. The standard InChI is InChI=1S/C23H27N5O3/c1-6-10-17-19-21(28(25-17)20-14(3)26-31-15(20)4)23(29)27(5)22(24-19)16-11-8-9-12-18(16)30-13-7-2/h8-9,11-12H,6-7,10,13H2,1-5H3. The SMILES string of the molecule is CCCOc1ccccc1-c1nc2c(CCC)nn(-c3c(C)noc3C)c2c(=O)n1C. The minimum absolute atomic E-state index is 0.180. The second kappa shape index (κ2) is 8.37. The number of benzene rings is 1. The molecule has 0 aliphatic carbocycles. The van der Waals surface area contributed by atoms with Crippen molar-refractivity contribution in [2.24, 2.45) is 7.05 Å². The summed E-state index contributed by atoms with van der Waals surface area (Å²) in [4.78, 5) is 18.5. The molecule has 4 rings (SSSR count). The van der Waals surface area contributed by atoms with Gasteiger partial charge in [0.15, 0.2) is 11.3 Å². The van der Waals surface area contributed by atoms with Gasteiger partial charge in [0.2, 0.25) is 0 Å². The Hall–Kier alpha value is -3.42. The average molecular weight is 422 g/mol. The number of nitrogens with zero attached hydrogens (tertiary/aromatic N) is 5. The van der Waals surface area contributed by atoms with Crippen LogP contribution in [-0.2, 0) is 13.5 Å². The third kappa shape index (κ3) is 3.52. The second-order valence-corrected chi connectivity index (χ2v) is 7.62. The van der Waals surface area contributed by atoms with Crippen LogP contribution >= 0.6 is 0 Å². The molecule has 0 unspecified atom stereocenters. The molecular weight excluding hydrogens is 394 g/mol. The Kier molecular flexibility index (Phi) is 5.63. The number of hydrogen-bond donors (Lipinski definition) is 0. The van der Waals surface area contributed by atoms with Gasteiger partial charge in [-0.3, -0.25) is 9.36 Å². The quantitative estimate of drug-likeness (QED) is 0.446. The van der Waals surface area contributed by atoms with E-state index < -0.39 is 0 Å². The first-order chi connectivity index (χ1) is 15.0. The van der Waals surface area contributed by atoms with E-state index in [0.717, 1.165) is 24.1 Å². The van der Waals surface area contributed by atoms with E-state index in [1.165, 1.54) is 0 Å². The molecule has 0 bridgehead atoms. The van der Waals surface area contributed by atoms with Crippen LogP contribution in [0.1, 0.15) is 43.8 Å². The fourth-order valence-corrected chi connectivity index (χ4v) is 3.78. The van der Waals surface area contributed by atoms with Gasteiger partial charge in [0, 0.05) is 7.05 Å². The lowest BCUT2D eigenvalue weighted by atomic mass is 10.1. The fourth-order valence-electron chi connectivity index (χ4n) is 3.78. The monoisotopic (exact) mass is 421 g/mol. The van der Waals surface area contributed by atoms with Crippen molar-refractivity contribution in [3.05, 3.63) is 51.8 Å². The van der Waals surface area contributed by atoms with Crippen molar-refractivity contribution in [1.82, 2.24) is 24.5 Å². The summed E-state index contributed by atoms with van der Waals surface area (Å²) in [7, 11) is 1.73. The molecule has 8 nitrogen and oxygen atoms in total. The lowest BCUT2D eigenvalue weighted by molar-refractivity contribution is 0.318. The molecule has 3 aromatic heterocycles. The molecule has 0 fully saturated rings. The van der Waals surface area contributed by atoms with Crippen LogP contribution in [0.25, 0.3) is 28.1 Å². The van der Waals surface area contributed by atoms with E-state index in [1.54, 1.807) is 16.3 Å². The van der Waals surface area contributed by atoms with Gasteiger partial charge < -0.3 is 9.26 Å². The highest BCUT2D eigenvalue weighted by molar-refractivity contribution is 5.82. The molecule has 8 heteroatoms. The predicted molar refractivity (Wildman–Crippen MR) is 119 cm³/mol. The van der Waals surface area contributed by atoms with E-state index in [2.05, 4.69) is 19.0 Å². The van der Waals surface area contributed by atoms with Crippen LogP contribution < -0.4 is 10.3 Å². The van der Waals surface area contributed by atoms with Crippen LogP contribution in [0.3, 0.4) is 0 Å². The summed E-state index contributed by atoms with van der Waals surface area (Å²) in [6.07, 6.45) is 2.49. The number of fused-ring (bicyclic) bond motifs is 1. The normalized spacial score (nSPS) is 11.4. The summed E-state index contributed by atoms with van der Waals surface area (Å²) in [6.45, 7) is 8.39. The molecule has 1 aromatic carbocycles. The van der Waals surface area contributed by atoms with Crippen LogP contribution in [0.2, 0.25) is 0 Å². The Bertz CT molecular complexity index is 1280. The van der Waals surface area contributed by atoms with E-state index >= 15 is 0 Å². The second-order valence-electron chi connectivity index (χ2n) is 7.62. The van der Waals surface area contributed by atoms with Gasteiger partial charge in [0.05, 0.1) is 17.9 Å². The van der Waals surface area contributed by atoms with Crippen LogP contribution in [0.4, 0.5) is 0 Å². The summed E-state index contributed by atoms with van der Waals surface area (Å²) >= 11 is 0. The third-order valence-corrected chi connectivity index (χ3v) is 5.26. The molecule has 31 heavy (non-hydrogen) atoms. The van der Waals surface area contributed by atoms with Crippen molar-refractivity contribution in [3.63, 3.8) is 0 Å². The third-order valence-electron chi connectivity index (χ3n) is 5.26. The smallest absolute Gasteiger partial charge is 0.280 e. The van der Waals surface area contributed by atoms with Crippen LogP contribution in [0, 0.1) is 13.8 Å². The first-order valence-corrected chi connectivity index (χ1v) is 10.6. The summed E-state index contributed by atoms with van der Waals surface area (Å²) in [6, 6.07) is 7.67. The van der Waals surface area contributed by atoms with E-state index in [-0.39, 0.29) is 5.56 Å². The van der Waals surface area contributed by atoms with Crippen molar-refractivity contribution in [2.75, 3.05) is 6.61 Å². The van der Waals surface area contributed by atoms with Gasteiger partial charge in [-0.05, 0) is 38.8 Å². The molecule has 0 N–H and O–H groups in total. The van der Waals surface area contributed by atoms with E-state index in [1.807, 2.05) is 38.1 Å². The summed E-state index contributed by atoms with van der Waals surface area (Å²) in [5.74, 6) is 1.87. The lowest BCUT2D eigenvalue weighted by Gasteiger charge is -2.13. The summed E-state index contributed by atoms with van der Waals surface area (Å²) < 4.78 is 14.4. The van der Waals surface area contributed by atoms with Crippen LogP contribution in [0.5, 0.6) is 5.75 Å². The first-order valence-electron chi connectivity index (χ1n) is 10.6. The number of rotatable bonds is 7. The Balaban J connectivity index is 2.02. The Morgan fingerprint density at radius 1 is 1.13 bits per heavy atom. The van der Waals surface area contributed by atoms with Gasteiger partial charge in [-0.2, -0.15) is 5.10 Å². The van der Waals surface area contributed by atoms with Gasteiger partial charge in [-0.1, -0.05) is 37.6 Å². The van der Waals surface area contributed by atoms with E-state index in [4.69, 9.17) is 19.3 Å². The zero-order valence-electron chi connectivity index (χ0n) is 18.6. The summed E-state index contributed by atoms with van der Waals surface area (Å²) in [5.41, 5.74) is 3.77. The molecule has 162 valence electrons. The molecule has 0 radical (unpaired) electrons. The van der Waals surface area contributed by atoms with Crippen LogP contribution in [-0.4, -0.2) is 31.1 Å². The van der Waals surface area contributed by atoms with Gasteiger partial charge in [0.25, 0.3) is 5.56 Å². The summed E-state index contributed by atoms with van der Waals surface area (Å²) in [5, 5.41) is 8.79. The van der Waals surface area contributed by atoms with E-state index in [0.29, 0.717) is 52.8 Å². The fraction of sp³-hybridized carbons (Fsp3) is 0.391. The Morgan fingerprint density at radius 3 is 2.58 bits per heavy atom. The lowest BCUT2D eigenvalue weighted by Crippen LogP contribution is -2.22. The molecule has 0 aliphatic heterocycles. The Morgan fingerprint density at radius 2 is 1.90 bits per heavy atom. The molecule has 4 aromatic rings. The average Bonchev–Trinajstić information content (AvgIpc) is 3.28. The Labute approximate surface area is 180 Å². The topological polar surface area (TPSA) is 88.0 Å². The highest BCUT2D eigenvalue weighted by Gasteiger charge is 2.24. The molecule has 0 saturated heterocycles. The zero-order chi connectivity index (χ0) is 22.1. The van der Waals surface area contributed by atoms with Crippen molar-refractivity contribution in [3.8, 4) is 22.8 Å². The number of ether oxygens (including phenoxy) is 1. The molecule has 0 atom stereocenters. The molecule has 0 aliphatic rings. The van der Waals surface area contributed by atoms with Crippen molar-refractivity contribution in [1.29, 1.82) is 0 Å². The maximum atomic E-state index is 13.6. The minimum atomic E-state index is -0.180. The van der Waals surface area contributed by atoms with Crippen molar-refractivity contribution in [2.45, 2.75) is 47.0 Å². The highest BCUT2D eigenvalue weighted by Crippen LogP contribution is 2.30. The number of para-hydroxylation sites is 1. The molecular formula is C23H27N5O3. The van der Waals surface area contributed by atoms with Crippen molar-refractivity contribution < 1.29 is 9.26 Å². The zero-order valence-corrected chi connectivity index (χ0v) is 18.6. The molecule has 3 heterocycles. The van der Waals surface area contributed by atoms with Gasteiger partial charge in [-0.15, -0.1) is 0 Å². The molecule has 0 amide bonds. The first kappa shape index (κ1) is 20.8. The predicted octanol–water partition coefficient (Wildman–Crippen LogP) is 4.13. The van der Waals surface area contributed by atoms with Gasteiger partial charge >= 0.3 is 0 Å². The number of hydrogen-bond acceptors (Lipinski definition) is 6. The highest BCUT2D eigenvalue weighted by atomic mass is 16.5. The number of aryl methyl sites for hydroxylation is 3. The molecule has 0 spiro atoms. The van der Waals surface area contributed by atoms with E-state index in [9.17, 15) is 4.79 Å². The maximum Gasteiger partial charge on any atom is 0.280 e. The van der Waals surface area contributed by atoms with Gasteiger partial charge in [0.1, 0.15) is 28.5 Å². The minimum Gasteiger partial charge on any atom is -0.493 e.